The molecule has 0 unspecified atom stereocenters. The summed E-state index contributed by atoms with van der Waals surface area (Å²) in [5.74, 6) is 0.686. The highest BCUT2D eigenvalue weighted by Gasteiger charge is 2.23. The number of nitrogens with zero attached hydrogens (tertiary/aromatic N) is 1. The van der Waals surface area contributed by atoms with Crippen molar-refractivity contribution in [2.24, 2.45) is 0 Å². The SMILES string of the molecule is CCCC(CCC)c1noc(N)c1-c1ccc(Cl)c(Cl)c1. The highest BCUT2D eigenvalue weighted by atomic mass is 35.5. The van der Waals surface area contributed by atoms with E-state index in [1.165, 1.54) is 0 Å². The first-order valence-electron chi connectivity index (χ1n) is 7.28. The molecule has 1 aromatic heterocycles. The maximum Gasteiger partial charge on any atom is 0.230 e. The molecule has 2 aromatic rings. The van der Waals surface area contributed by atoms with E-state index in [1.54, 1.807) is 6.07 Å². The number of halogens is 2. The van der Waals surface area contributed by atoms with Crippen LogP contribution in [0.1, 0.15) is 51.1 Å². The minimum absolute atomic E-state index is 0.334. The second kappa shape index (κ2) is 7.19. The lowest BCUT2D eigenvalue weighted by Gasteiger charge is -2.14. The molecule has 1 heterocycles. The molecule has 0 atom stereocenters. The van der Waals surface area contributed by atoms with Gasteiger partial charge >= 0.3 is 0 Å². The molecule has 1 aromatic carbocycles. The van der Waals surface area contributed by atoms with Crippen molar-refractivity contribution < 1.29 is 4.52 Å². The number of benzene rings is 1. The second-order valence-corrected chi connectivity index (χ2v) is 6.02. The highest BCUT2D eigenvalue weighted by Crippen LogP contribution is 2.39. The van der Waals surface area contributed by atoms with Crippen molar-refractivity contribution in [3.63, 3.8) is 0 Å². The van der Waals surface area contributed by atoms with Crippen LogP contribution in [-0.4, -0.2) is 5.16 Å². The van der Waals surface area contributed by atoms with E-state index in [4.69, 9.17) is 33.5 Å². The Morgan fingerprint density at radius 3 is 2.38 bits per heavy atom. The first kappa shape index (κ1) is 16.2. The molecule has 21 heavy (non-hydrogen) atoms. The summed E-state index contributed by atoms with van der Waals surface area (Å²) < 4.78 is 5.25. The van der Waals surface area contributed by atoms with Crippen LogP contribution >= 0.6 is 23.2 Å². The van der Waals surface area contributed by atoms with Crippen LogP contribution in [-0.2, 0) is 0 Å². The van der Waals surface area contributed by atoms with Gasteiger partial charge in [0, 0.05) is 5.92 Å². The molecule has 0 spiro atoms. The van der Waals surface area contributed by atoms with E-state index in [-0.39, 0.29) is 0 Å². The summed E-state index contributed by atoms with van der Waals surface area (Å²) >= 11 is 12.1. The van der Waals surface area contributed by atoms with Gasteiger partial charge in [0.2, 0.25) is 5.88 Å². The number of hydrogen-bond acceptors (Lipinski definition) is 3. The highest BCUT2D eigenvalue weighted by molar-refractivity contribution is 6.42. The number of hydrogen-bond donors (Lipinski definition) is 1. The van der Waals surface area contributed by atoms with E-state index in [0.29, 0.717) is 21.8 Å². The summed E-state index contributed by atoms with van der Waals surface area (Å²) in [6, 6.07) is 5.48. The Balaban J connectivity index is 2.47. The third-order valence-electron chi connectivity index (χ3n) is 3.61. The maximum atomic E-state index is 6.11. The molecule has 0 amide bonds. The third kappa shape index (κ3) is 3.53. The van der Waals surface area contributed by atoms with Gasteiger partial charge in [-0.15, -0.1) is 0 Å². The molecule has 5 heteroatoms. The minimum Gasteiger partial charge on any atom is -0.367 e. The average Bonchev–Trinajstić information content (AvgIpc) is 2.83. The molecule has 2 rings (SSSR count). The molecule has 3 nitrogen and oxygen atoms in total. The van der Waals surface area contributed by atoms with Gasteiger partial charge in [-0.05, 0) is 30.5 Å². The fourth-order valence-corrected chi connectivity index (χ4v) is 2.95. The van der Waals surface area contributed by atoms with Gasteiger partial charge in [0.1, 0.15) is 0 Å². The third-order valence-corrected chi connectivity index (χ3v) is 4.35. The summed E-state index contributed by atoms with van der Waals surface area (Å²) in [4.78, 5) is 0. The Morgan fingerprint density at radius 1 is 1.14 bits per heavy atom. The predicted octanol–water partition coefficient (Wildman–Crippen LogP) is 5.91. The van der Waals surface area contributed by atoms with Crippen molar-refractivity contribution in [2.45, 2.75) is 45.4 Å². The fourth-order valence-electron chi connectivity index (χ4n) is 2.65. The van der Waals surface area contributed by atoms with Crippen LogP contribution in [0.5, 0.6) is 0 Å². The zero-order chi connectivity index (χ0) is 15.4. The first-order valence-corrected chi connectivity index (χ1v) is 8.04. The Hall–Kier alpha value is -1.19. The minimum atomic E-state index is 0.334. The molecule has 114 valence electrons. The Bertz CT molecular complexity index is 604. The molecule has 0 radical (unpaired) electrons. The Kier molecular flexibility index (Phi) is 5.54. The van der Waals surface area contributed by atoms with Crippen LogP contribution in [0, 0.1) is 0 Å². The maximum absolute atomic E-state index is 6.11. The zero-order valence-electron chi connectivity index (χ0n) is 12.3. The molecule has 2 N–H and O–H groups in total. The van der Waals surface area contributed by atoms with E-state index in [9.17, 15) is 0 Å². The van der Waals surface area contributed by atoms with Crippen molar-refractivity contribution in [3.8, 4) is 11.1 Å². The number of nitrogens with two attached hydrogens (primary N) is 1. The lowest BCUT2D eigenvalue weighted by Crippen LogP contribution is -2.01. The quantitative estimate of drug-likeness (QED) is 0.717. The number of aromatic nitrogens is 1. The van der Waals surface area contributed by atoms with Crippen molar-refractivity contribution in [1.29, 1.82) is 0 Å². The van der Waals surface area contributed by atoms with Gasteiger partial charge in [0.25, 0.3) is 0 Å². The lowest BCUT2D eigenvalue weighted by molar-refractivity contribution is 0.411. The summed E-state index contributed by atoms with van der Waals surface area (Å²) in [6.45, 7) is 4.34. The number of anilines is 1. The fraction of sp³-hybridized carbons (Fsp3) is 0.438. The smallest absolute Gasteiger partial charge is 0.230 e. The molecule has 0 aliphatic rings. The molecule has 0 saturated carbocycles. The molecule has 0 bridgehead atoms. The van der Waals surface area contributed by atoms with Crippen molar-refractivity contribution in [1.82, 2.24) is 5.16 Å². The molecule has 0 saturated heterocycles. The monoisotopic (exact) mass is 326 g/mol. The predicted molar refractivity (Wildman–Crippen MR) is 88.9 cm³/mol. The number of rotatable bonds is 6. The van der Waals surface area contributed by atoms with Crippen LogP contribution < -0.4 is 5.73 Å². The molecular weight excluding hydrogens is 307 g/mol. The average molecular weight is 327 g/mol. The molecule has 0 fully saturated rings. The standard InChI is InChI=1S/C16H20Cl2N2O/c1-3-5-10(6-4-2)15-14(16(19)21-20-15)11-7-8-12(17)13(18)9-11/h7-10H,3-6,19H2,1-2H3. The van der Waals surface area contributed by atoms with E-state index < -0.39 is 0 Å². The van der Waals surface area contributed by atoms with E-state index in [1.807, 2.05) is 12.1 Å². The second-order valence-electron chi connectivity index (χ2n) is 5.21. The largest absolute Gasteiger partial charge is 0.367 e. The number of nitrogen functional groups attached to an aromatic ring is 1. The van der Waals surface area contributed by atoms with Gasteiger partial charge in [0.15, 0.2) is 0 Å². The van der Waals surface area contributed by atoms with Crippen LogP contribution in [0.15, 0.2) is 22.7 Å². The summed E-state index contributed by atoms with van der Waals surface area (Å²) in [5.41, 5.74) is 8.66. The summed E-state index contributed by atoms with van der Waals surface area (Å²) in [6.07, 6.45) is 4.32. The van der Waals surface area contributed by atoms with Crippen LogP contribution in [0.25, 0.3) is 11.1 Å². The van der Waals surface area contributed by atoms with Gasteiger partial charge in [-0.2, -0.15) is 0 Å². The lowest BCUT2D eigenvalue weighted by atomic mass is 9.90. The Morgan fingerprint density at radius 2 is 1.81 bits per heavy atom. The van der Waals surface area contributed by atoms with Crippen molar-refractivity contribution in [2.75, 3.05) is 5.73 Å². The van der Waals surface area contributed by atoms with Crippen molar-refractivity contribution >= 4 is 29.1 Å². The molecule has 0 aliphatic heterocycles. The summed E-state index contributed by atoms with van der Waals surface area (Å²) in [5, 5.41) is 5.23. The first-order chi connectivity index (χ1) is 10.1. The van der Waals surface area contributed by atoms with Crippen molar-refractivity contribution in [3.05, 3.63) is 33.9 Å². The van der Waals surface area contributed by atoms with Gasteiger partial charge in [-0.3, -0.25) is 0 Å². The molecular formula is C16H20Cl2N2O. The van der Waals surface area contributed by atoms with Gasteiger partial charge in [-0.1, -0.05) is 61.1 Å². The van der Waals surface area contributed by atoms with E-state index in [2.05, 4.69) is 19.0 Å². The van der Waals surface area contributed by atoms with E-state index in [0.717, 1.165) is 42.5 Å². The van der Waals surface area contributed by atoms with Crippen LogP contribution in [0.3, 0.4) is 0 Å². The molecule has 0 aliphatic carbocycles. The zero-order valence-corrected chi connectivity index (χ0v) is 13.8. The van der Waals surface area contributed by atoms with E-state index >= 15 is 0 Å². The topological polar surface area (TPSA) is 52.0 Å². The van der Waals surface area contributed by atoms with Gasteiger partial charge < -0.3 is 10.3 Å². The van der Waals surface area contributed by atoms with Crippen LogP contribution in [0.4, 0.5) is 5.88 Å². The normalized spacial score (nSPS) is 11.3. The van der Waals surface area contributed by atoms with Gasteiger partial charge in [-0.25, -0.2) is 0 Å². The van der Waals surface area contributed by atoms with Gasteiger partial charge in [0.05, 0.1) is 21.3 Å². The Labute approximate surface area is 135 Å². The summed E-state index contributed by atoms with van der Waals surface area (Å²) in [7, 11) is 0. The van der Waals surface area contributed by atoms with Crippen LogP contribution in [0.2, 0.25) is 10.0 Å².